The van der Waals surface area contributed by atoms with E-state index in [4.69, 9.17) is 4.74 Å². The molecule has 0 bridgehead atoms. The summed E-state index contributed by atoms with van der Waals surface area (Å²) in [5.74, 6) is -0.291. The van der Waals surface area contributed by atoms with Gasteiger partial charge in [0, 0.05) is 17.3 Å². The quantitative estimate of drug-likeness (QED) is 0.714. The van der Waals surface area contributed by atoms with E-state index >= 15 is 4.39 Å². The van der Waals surface area contributed by atoms with Gasteiger partial charge in [-0.15, -0.1) is 0 Å². The second-order valence-electron chi connectivity index (χ2n) is 10.3. The van der Waals surface area contributed by atoms with Crippen LogP contribution in [0.15, 0.2) is 11.6 Å². The smallest absolute Gasteiger partial charge is 0.162 e. The Morgan fingerprint density at radius 1 is 1.30 bits per heavy atom. The first-order valence-corrected chi connectivity index (χ1v) is 10.3. The van der Waals surface area contributed by atoms with Crippen LogP contribution in [0, 0.1) is 28.6 Å². The van der Waals surface area contributed by atoms with Crippen LogP contribution in [-0.2, 0) is 14.3 Å². The molecule has 4 fully saturated rings. The lowest BCUT2D eigenvalue weighted by atomic mass is 9.45. The van der Waals surface area contributed by atoms with E-state index in [2.05, 4.69) is 6.92 Å². The van der Waals surface area contributed by atoms with Crippen LogP contribution in [-0.4, -0.2) is 40.2 Å². The van der Waals surface area contributed by atoms with Gasteiger partial charge in [-0.05, 0) is 62.0 Å². The van der Waals surface area contributed by atoms with Crippen LogP contribution in [0.25, 0.3) is 0 Å². The number of ketones is 2. The molecule has 9 atom stereocenters. The third-order valence-electron chi connectivity index (χ3n) is 9.44. The second kappa shape index (κ2) is 4.91. The van der Waals surface area contributed by atoms with Crippen molar-refractivity contribution in [1.29, 1.82) is 0 Å². The van der Waals surface area contributed by atoms with Gasteiger partial charge in [0.1, 0.15) is 17.4 Å². The molecule has 0 amide bonds. The molecule has 5 heteroatoms. The molecule has 1 unspecified atom stereocenters. The monoisotopic (exact) mass is 376 g/mol. The molecular formula is C22H29FO4. The van der Waals surface area contributed by atoms with Gasteiger partial charge in [-0.25, -0.2) is 4.39 Å². The summed E-state index contributed by atoms with van der Waals surface area (Å²) in [7, 11) is 0. The SMILES string of the molecule is CC(=O)[C@@]1(O)[C@H](C)C[C@H]2[C@@H]3C[C@H](F)C4=CC(=O)CC[C@]4(C)C34O[C@H]4C[C@@]21C. The zero-order valence-corrected chi connectivity index (χ0v) is 16.5. The van der Waals surface area contributed by atoms with Crippen molar-refractivity contribution in [1.82, 2.24) is 0 Å². The van der Waals surface area contributed by atoms with Gasteiger partial charge < -0.3 is 9.84 Å². The molecule has 1 N–H and O–H groups in total. The number of alkyl halides is 1. The highest BCUT2D eigenvalue weighted by Gasteiger charge is 2.82. The first-order chi connectivity index (χ1) is 12.5. The van der Waals surface area contributed by atoms with Gasteiger partial charge in [0.25, 0.3) is 0 Å². The molecule has 27 heavy (non-hydrogen) atoms. The van der Waals surface area contributed by atoms with E-state index < -0.39 is 28.2 Å². The molecule has 0 aromatic heterocycles. The standard InChI is InChI=1S/C22H29FO4/c1-11-7-14-15-9-17(23)16-8-13(25)5-6-19(16,3)22(15)18(27-22)10-20(14,4)21(11,26)12(2)24/h8,11,14-15,17-18,26H,5-7,9-10H2,1-4H3/t11-,14+,15+,17+,18+,19+,20+,21+,22?/m1/s1. The Morgan fingerprint density at radius 3 is 2.67 bits per heavy atom. The maximum Gasteiger partial charge on any atom is 0.162 e. The van der Waals surface area contributed by atoms with Crippen LogP contribution < -0.4 is 0 Å². The molecule has 0 radical (unpaired) electrons. The normalized spacial score (nSPS) is 58.5. The number of fused-ring (bicyclic) bond motifs is 3. The number of aliphatic hydroxyl groups is 1. The Bertz CT molecular complexity index is 791. The Balaban J connectivity index is 1.63. The predicted molar refractivity (Wildman–Crippen MR) is 96.7 cm³/mol. The second-order valence-corrected chi connectivity index (χ2v) is 10.3. The molecule has 4 nitrogen and oxygen atoms in total. The zero-order chi connectivity index (χ0) is 19.6. The van der Waals surface area contributed by atoms with E-state index in [0.29, 0.717) is 31.3 Å². The van der Waals surface area contributed by atoms with Crippen molar-refractivity contribution in [2.75, 3.05) is 0 Å². The van der Waals surface area contributed by atoms with Crippen molar-refractivity contribution in [2.24, 2.45) is 28.6 Å². The molecule has 0 aromatic rings. The fourth-order valence-corrected chi connectivity index (χ4v) is 8.09. The lowest BCUT2D eigenvalue weighted by molar-refractivity contribution is -0.162. The van der Waals surface area contributed by atoms with Crippen molar-refractivity contribution < 1.29 is 23.8 Å². The van der Waals surface area contributed by atoms with Gasteiger partial charge in [-0.3, -0.25) is 9.59 Å². The van der Waals surface area contributed by atoms with E-state index in [1.165, 1.54) is 13.0 Å². The Kier molecular flexibility index (Phi) is 3.27. The number of carbonyl (C=O) groups excluding carboxylic acids is 2. The third-order valence-corrected chi connectivity index (χ3v) is 9.44. The van der Waals surface area contributed by atoms with Crippen LogP contribution >= 0.6 is 0 Å². The summed E-state index contributed by atoms with van der Waals surface area (Å²) in [6.07, 6.45) is 3.05. The maximum absolute atomic E-state index is 15.3. The van der Waals surface area contributed by atoms with Crippen molar-refractivity contribution in [3.63, 3.8) is 0 Å². The molecular weight excluding hydrogens is 347 g/mol. The largest absolute Gasteiger partial charge is 0.381 e. The number of ether oxygens (including phenoxy) is 1. The molecule has 1 aliphatic heterocycles. The van der Waals surface area contributed by atoms with Gasteiger partial charge in [-0.2, -0.15) is 0 Å². The van der Waals surface area contributed by atoms with Gasteiger partial charge in [0.2, 0.25) is 0 Å². The van der Waals surface area contributed by atoms with Crippen molar-refractivity contribution in [3.8, 4) is 0 Å². The van der Waals surface area contributed by atoms with E-state index in [0.717, 1.165) is 6.42 Å². The minimum atomic E-state index is -1.37. The van der Waals surface area contributed by atoms with Crippen molar-refractivity contribution in [3.05, 3.63) is 11.6 Å². The average molecular weight is 376 g/mol. The zero-order valence-electron chi connectivity index (χ0n) is 16.5. The number of halogens is 1. The van der Waals surface area contributed by atoms with Crippen LogP contribution in [0.2, 0.25) is 0 Å². The minimum Gasteiger partial charge on any atom is -0.381 e. The van der Waals surface area contributed by atoms with E-state index in [9.17, 15) is 14.7 Å². The lowest BCUT2D eigenvalue weighted by Crippen LogP contribution is -2.63. The predicted octanol–water partition coefficient (Wildman–Crippen LogP) is 3.16. The molecule has 0 aromatic carbocycles. The third kappa shape index (κ3) is 1.73. The van der Waals surface area contributed by atoms with Gasteiger partial charge in [0.15, 0.2) is 11.6 Å². The Morgan fingerprint density at radius 2 is 2.00 bits per heavy atom. The number of carbonyl (C=O) groups is 2. The minimum absolute atomic E-state index is 0.0123. The summed E-state index contributed by atoms with van der Waals surface area (Å²) in [4.78, 5) is 24.5. The number of hydrogen-bond acceptors (Lipinski definition) is 4. The Labute approximate surface area is 159 Å². The van der Waals surface area contributed by atoms with Gasteiger partial charge in [0.05, 0.1) is 6.10 Å². The van der Waals surface area contributed by atoms with E-state index in [1.54, 1.807) is 0 Å². The van der Waals surface area contributed by atoms with Gasteiger partial charge >= 0.3 is 0 Å². The fraction of sp³-hybridized carbons (Fsp3) is 0.818. The highest BCUT2D eigenvalue weighted by atomic mass is 19.1. The number of hydrogen-bond donors (Lipinski definition) is 1. The number of rotatable bonds is 1. The van der Waals surface area contributed by atoms with Gasteiger partial charge in [-0.1, -0.05) is 20.8 Å². The average Bonchev–Trinajstić information content (AvgIpc) is 3.27. The Hall–Kier alpha value is -1.07. The molecule has 1 spiro atoms. The number of Topliss-reactive ketones (excluding diaryl/α,β-unsaturated/α-hetero) is 1. The summed E-state index contributed by atoms with van der Waals surface area (Å²) >= 11 is 0. The first kappa shape index (κ1) is 18.0. The molecule has 5 aliphatic rings. The molecule has 1 saturated heterocycles. The molecule has 4 aliphatic carbocycles. The van der Waals surface area contributed by atoms with E-state index in [1.807, 2.05) is 13.8 Å². The van der Waals surface area contributed by atoms with Crippen LogP contribution in [0.4, 0.5) is 4.39 Å². The maximum atomic E-state index is 15.3. The van der Waals surface area contributed by atoms with Crippen LogP contribution in [0.5, 0.6) is 0 Å². The summed E-state index contributed by atoms with van der Waals surface area (Å²) in [5, 5.41) is 11.5. The number of epoxide rings is 1. The summed E-state index contributed by atoms with van der Waals surface area (Å²) in [6.45, 7) is 7.52. The highest BCUT2D eigenvalue weighted by molar-refractivity contribution is 5.92. The lowest BCUT2D eigenvalue weighted by Gasteiger charge is -2.57. The first-order valence-electron chi connectivity index (χ1n) is 10.3. The summed E-state index contributed by atoms with van der Waals surface area (Å²) in [6, 6.07) is 0. The molecule has 3 saturated carbocycles. The molecule has 148 valence electrons. The van der Waals surface area contributed by atoms with E-state index in [-0.39, 0.29) is 35.4 Å². The topological polar surface area (TPSA) is 66.9 Å². The van der Waals surface area contributed by atoms with Crippen LogP contribution in [0.1, 0.15) is 59.8 Å². The fourth-order valence-electron chi connectivity index (χ4n) is 8.09. The highest BCUT2D eigenvalue weighted by Crippen LogP contribution is 2.77. The van der Waals surface area contributed by atoms with Crippen molar-refractivity contribution >= 4 is 11.6 Å². The molecule has 1 heterocycles. The van der Waals surface area contributed by atoms with Crippen LogP contribution in [0.3, 0.4) is 0 Å². The summed E-state index contributed by atoms with van der Waals surface area (Å²) in [5.41, 5.74) is -2.24. The summed E-state index contributed by atoms with van der Waals surface area (Å²) < 4.78 is 21.7. The molecule has 5 rings (SSSR count). The van der Waals surface area contributed by atoms with Crippen molar-refractivity contribution in [2.45, 2.75) is 83.3 Å².